The highest BCUT2D eigenvalue weighted by Gasteiger charge is 2.12. The fourth-order valence-corrected chi connectivity index (χ4v) is 1.80. The fourth-order valence-electron chi connectivity index (χ4n) is 1.80. The normalized spacial score (nSPS) is 10.7. The summed E-state index contributed by atoms with van der Waals surface area (Å²) < 4.78 is 18.2. The second-order valence-corrected chi connectivity index (χ2v) is 4.17. The summed E-state index contributed by atoms with van der Waals surface area (Å²) in [5.41, 5.74) is 0.849. The summed E-state index contributed by atoms with van der Waals surface area (Å²) in [5, 5.41) is 22.6. The number of phenolic OH excluding ortho intramolecular Hbond substituents is 2. The lowest BCUT2D eigenvalue weighted by molar-refractivity contribution is 0.428. The Hall–Kier alpha value is -2.89. The van der Waals surface area contributed by atoms with Gasteiger partial charge in [0.2, 0.25) is 5.82 Å². The Labute approximate surface area is 112 Å². The van der Waals surface area contributed by atoms with Crippen LogP contribution in [0.2, 0.25) is 0 Å². The highest BCUT2D eigenvalue weighted by molar-refractivity contribution is 5.62. The molecule has 3 aromatic rings. The molecule has 20 heavy (non-hydrogen) atoms. The second-order valence-electron chi connectivity index (χ2n) is 4.17. The van der Waals surface area contributed by atoms with Crippen LogP contribution in [-0.4, -0.2) is 20.4 Å². The Morgan fingerprint density at radius 1 is 0.950 bits per heavy atom. The van der Waals surface area contributed by atoms with Gasteiger partial charge in [0.05, 0.1) is 0 Å². The Kier molecular flexibility index (Phi) is 2.83. The van der Waals surface area contributed by atoms with E-state index >= 15 is 0 Å². The van der Waals surface area contributed by atoms with Crippen molar-refractivity contribution in [1.82, 2.24) is 10.1 Å². The quantitative estimate of drug-likeness (QED) is 0.749. The molecule has 1 heterocycles. The van der Waals surface area contributed by atoms with Gasteiger partial charge >= 0.3 is 0 Å². The maximum Gasteiger partial charge on any atom is 0.258 e. The summed E-state index contributed by atoms with van der Waals surface area (Å²) in [7, 11) is 0. The van der Waals surface area contributed by atoms with Crippen molar-refractivity contribution in [3.8, 4) is 34.3 Å². The first-order valence-electron chi connectivity index (χ1n) is 5.75. The van der Waals surface area contributed by atoms with Gasteiger partial charge in [-0.2, -0.15) is 4.98 Å². The molecule has 2 aromatic carbocycles. The molecule has 6 heteroatoms. The minimum Gasteiger partial charge on any atom is -0.508 e. The van der Waals surface area contributed by atoms with Gasteiger partial charge in [0, 0.05) is 17.2 Å². The van der Waals surface area contributed by atoms with Gasteiger partial charge in [0.25, 0.3) is 5.89 Å². The largest absolute Gasteiger partial charge is 0.508 e. The highest BCUT2D eigenvalue weighted by Crippen LogP contribution is 2.28. The number of rotatable bonds is 2. The zero-order valence-corrected chi connectivity index (χ0v) is 10.1. The van der Waals surface area contributed by atoms with Crippen LogP contribution in [0, 0.1) is 5.82 Å². The minimum atomic E-state index is -0.399. The van der Waals surface area contributed by atoms with Crippen LogP contribution < -0.4 is 0 Å². The van der Waals surface area contributed by atoms with E-state index < -0.39 is 5.82 Å². The Morgan fingerprint density at radius 2 is 1.70 bits per heavy atom. The number of aromatic nitrogens is 2. The van der Waals surface area contributed by atoms with E-state index in [4.69, 9.17) is 4.52 Å². The SMILES string of the molecule is Oc1cc(O)cc(-c2nc(-c3cccc(F)c3)no2)c1. The topological polar surface area (TPSA) is 79.4 Å². The predicted octanol–water partition coefficient (Wildman–Crippen LogP) is 2.95. The molecular formula is C14H9FN2O3. The number of halogens is 1. The highest BCUT2D eigenvalue weighted by atomic mass is 19.1. The molecule has 0 amide bonds. The molecule has 0 unspecified atom stereocenters. The summed E-state index contributed by atoms with van der Waals surface area (Å²) in [4.78, 5) is 4.11. The van der Waals surface area contributed by atoms with Gasteiger partial charge in [-0.3, -0.25) is 0 Å². The fraction of sp³-hybridized carbons (Fsp3) is 0. The predicted molar refractivity (Wildman–Crippen MR) is 68.5 cm³/mol. The molecule has 0 bridgehead atoms. The van der Waals surface area contributed by atoms with Crippen molar-refractivity contribution in [1.29, 1.82) is 0 Å². The molecule has 0 spiro atoms. The number of phenols is 2. The molecule has 0 aliphatic rings. The molecule has 0 radical (unpaired) electrons. The van der Waals surface area contributed by atoms with Gasteiger partial charge in [-0.25, -0.2) is 4.39 Å². The molecule has 0 aliphatic carbocycles. The molecule has 0 atom stereocenters. The lowest BCUT2D eigenvalue weighted by Gasteiger charge is -1.97. The van der Waals surface area contributed by atoms with Crippen LogP contribution in [-0.2, 0) is 0 Å². The monoisotopic (exact) mass is 272 g/mol. The van der Waals surface area contributed by atoms with Crippen LogP contribution in [0.25, 0.3) is 22.8 Å². The van der Waals surface area contributed by atoms with E-state index in [2.05, 4.69) is 10.1 Å². The third kappa shape index (κ3) is 2.31. The van der Waals surface area contributed by atoms with Crippen molar-refractivity contribution in [2.24, 2.45) is 0 Å². The van der Waals surface area contributed by atoms with Gasteiger partial charge in [0.15, 0.2) is 0 Å². The van der Waals surface area contributed by atoms with Crippen molar-refractivity contribution in [2.45, 2.75) is 0 Å². The van der Waals surface area contributed by atoms with Gasteiger partial charge in [0.1, 0.15) is 17.3 Å². The van der Waals surface area contributed by atoms with Gasteiger partial charge < -0.3 is 14.7 Å². The molecule has 100 valence electrons. The number of nitrogens with zero attached hydrogens (tertiary/aromatic N) is 2. The van der Waals surface area contributed by atoms with Crippen molar-refractivity contribution in [3.63, 3.8) is 0 Å². The number of aromatic hydroxyl groups is 2. The molecule has 3 rings (SSSR count). The van der Waals surface area contributed by atoms with Crippen LogP contribution in [0.15, 0.2) is 47.0 Å². The van der Waals surface area contributed by atoms with E-state index in [1.807, 2.05) is 0 Å². The number of hydrogen-bond donors (Lipinski definition) is 2. The van der Waals surface area contributed by atoms with E-state index in [1.54, 1.807) is 12.1 Å². The Bertz CT molecular complexity index is 750. The average molecular weight is 272 g/mol. The van der Waals surface area contributed by atoms with E-state index in [0.29, 0.717) is 11.1 Å². The molecule has 0 saturated heterocycles. The van der Waals surface area contributed by atoms with E-state index in [9.17, 15) is 14.6 Å². The van der Waals surface area contributed by atoms with Crippen LogP contribution in [0.1, 0.15) is 0 Å². The maximum atomic E-state index is 13.1. The molecule has 5 nitrogen and oxygen atoms in total. The third-order valence-electron chi connectivity index (χ3n) is 2.66. The first-order valence-corrected chi connectivity index (χ1v) is 5.75. The zero-order chi connectivity index (χ0) is 14.1. The van der Waals surface area contributed by atoms with Gasteiger partial charge in [-0.05, 0) is 24.3 Å². The zero-order valence-electron chi connectivity index (χ0n) is 10.1. The molecule has 0 saturated carbocycles. The first-order chi connectivity index (χ1) is 9.61. The van der Waals surface area contributed by atoms with Crippen molar-refractivity contribution < 1.29 is 19.1 Å². The van der Waals surface area contributed by atoms with Crippen LogP contribution >= 0.6 is 0 Å². The summed E-state index contributed by atoms with van der Waals surface area (Å²) in [6, 6.07) is 9.74. The number of hydrogen-bond acceptors (Lipinski definition) is 5. The summed E-state index contributed by atoms with van der Waals surface area (Å²) in [6.07, 6.45) is 0. The molecule has 0 fully saturated rings. The van der Waals surface area contributed by atoms with Gasteiger partial charge in [-0.15, -0.1) is 0 Å². The first kappa shape index (κ1) is 12.2. The molecule has 2 N–H and O–H groups in total. The van der Waals surface area contributed by atoms with Crippen LogP contribution in [0.3, 0.4) is 0 Å². The van der Waals surface area contributed by atoms with Crippen molar-refractivity contribution in [3.05, 3.63) is 48.3 Å². The van der Waals surface area contributed by atoms with Crippen molar-refractivity contribution in [2.75, 3.05) is 0 Å². The third-order valence-corrected chi connectivity index (χ3v) is 2.66. The molecular weight excluding hydrogens is 263 g/mol. The lowest BCUT2D eigenvalue weighted by Crippen LogP contribution is -1.83. The Morgan fingerprint density at radius 3 is 2.40 bits per heavy atom. The van der Waals surface area contributed by atoms with Gasteiger partial charge in [-0.1, -0.05) is 17.3 Å². The summed E-state index contributed by atoms with van der Waals surface area (Å²) in [5.74, 6) is -0.294. The second kappa shape index (κ2) is 4.65. The van der Waals surface area contributed by atoms with Crippen molar-refractivity contribution >= 4 is 0 Å². The standard InChI is InChI=1S/C14H9FN2O3/c15-10-3-1-2-8(4-10)13-16-14(20-17-13)9-5-11(18)7-12(19)6-9/h1-7,18-19H. The smallest absolute Gasteiger partial charge is 0.258 e. The molecule has 0 aliphatic heterocycles. The molecule has 1 aromatic heterocycles. The van der Waals surface area contributed by atoms with E-state index in [-0.39, 0.29) is 23.2 Å². The minimum absolute atomic E-state index is 0.120. The number of benzene rings is 2. The Balaban J connectivity index is 2.02. The van der Waals surface area contributed by atoms with Crippen LogP contribution in [0.5, 0.6) is 11.5 Å². The van der Waals surface area contributed by atoms with E-state index in [0.717, 1.165) is 0 Å². The average Bonchev–Trinajstić information content (AvgIpc) is 2.87. The van der Waals surface area contributed by atoms with Crippen LogP contribution in [0.4, 0.5) is 4.39 Å². The lowest BCUT2D eigenvalue weighted by atomic mass is 10.2. The maximum absolute atomic E-state index is 13.1. The summed E-state index contributed by atoms with van der Waals surface area (Å²) >= 11 is 0. The van der Waals surface area contributed by atoms with E-state index in [1.165, 1.54) is 30.3 Å². The summed E-state index contributed by atoms with van der Waals surface area (Å²) in [6.45, 7) is 0.